The molecule has 4 heterocycles. The van der Waals surface area contributed by atoms with Gasteiger partial charge in [-0.05, 0) is 71.5 Å². The molecule has 27 nitrogen and oxygen atoms in total. The molecule has 1 amide bonds. The number of rotatable bonds is 43. The van der Waals surface area contributed by atoms with Gasteiger partial charge in [0, 0.05) is 60.4 Å². The van der Waals surface area contributed by atoms with Gasteiger partial charge in [-0.2, -0.15) is 0 Å². The van der Waals surface area contributed by atoms with Crippen molar-refractivity contribution in [3.63, 3.8) is 0 Å². The van der Waals surface area contributed by atoms with Gasteiger partial charge in [-0.15, -0.1) is 0 Å². The minimum absolute atomic E-state index is 0.0192. The fourth-order valence-electron chi connectivity index (χ4n) is 11.6. The summed E-state index contributed by atoms with van der Waals surface area (Å²) in [7, 11) is 4.15. The van der Waals surface area contributed by atoms with E-state index in [1.165, 1.54) is 25.7 Å². The standard InChI is InChI=1S/C64H110N2O25/c1-39(2)34-48(46(73)30-24-19-16-18-23-29-45(72)28-22-17-14-12-10-11-13-15-20-25-31-52(75)65-32-26-21-27-33-66(8)9)88-63-59(91-62-55(78)57(85-42(5)69)50(37-81-62)83-40(3)67)56(47(74)35-79-63)90-61-54(77)53(76)49(36-80-61)89-64-60(87-44(7)71)58(86-43(6)70)51(38-82-64)84-41(4)68/h39,46-51,53-64,73-74,76-78H,10-38H2,1-9H3,(H,65,75). The van der Waals surface area contributed by atoms with E-state index in [4.69, 9.17) is 61.6 Å². The Morgan fingerprint density at radius 3 is 1.46 bits per heavy atom. The van der Waals surface area contributed by atoms with Gasteiger partial charge in [0.15, 0.2) is 55.7 Å². The zero-order valence-electron chi connectivity index (χ0n) is 55.3. The van der Waals surface area contributed by atoms with Gasteiger partial charge in [0.25, 0.3) is 0 Å². The number of carbonyl (C=O) groups is 7. The number of ether oxygens (including phenoxy) is 13. The Balaban J connectivity index is 1.29. The highest BCUT2D eigenvalue weighted by molar-refractivity contribution is 5.78. The number of aliphatic hydroxyl groups is 5. The van der Waals surface area contributed by atoms with Crippen molar-refractivity contribution in [1.82, 2.24) is 10.2 Å². The zero-order valence-corrected chi connectivity index (χ0v) is 55.3. The molecule has 0 aromatic rings. The molecule has 0 aliphatic carbocycles. The lowest BCUT2D eigenvalue weighted by molar-refractivity contribution is -0.380. The van der Waals surface area contributed by atoms with E-state index >= 15 is 0 Å². The Morgan fingerprint density at radius 2 is 0.912 bits per heavy atom. The van der Waals surface area contributed by atoms with Crippen molar-refractivity contribution in [3.8, 4) is 0 Å². The third-order valence-electron chi connectivity index (χ3n) is 16.2. The van der Waals surface area contributed by atoms with Crippen molar-refractivity contribution in [2.24, 2.45) is 5.92 Å². The van der Waals surface area contributed by atoms with Gasteiger partial charge in [-0.3, -0.25) is 33.6 Å². The molecule has 6 N–H and O–H groups in total. The number of unbranched alkanes of at least 4 members (excludes halogenated alkanes) is 15. The van der Waals surface area contributed by atoms with Crippen LogP contribution in [0.4, 0.5) is 0 Å². The Hall–Kier alpha value is -4.07. The molecular formula is C64H110N2O25. The highest BCUT2D eigenvalue weighted by Crippen LogP contribution is 2.35. The van der Waals surface area contributed by atoms with E-state index in [-0.39, 0.29) is 17.6 Å². The van der Waals surface area contributed by atoms with Gasteiger partial charge in [-0.25, -0.2) is 0 Å². The van der Waals surface area contributed by atoms with Crippen molar-refractivity contribution in [2.45, 2.75) is 307 Å². The molecule has 0 bridgehead atoms. The molecule has 4 aliphatic heterocycles. The van der Waals surface area contributed by atoms with Gasteiger partial charge in [0.1, 0.15) is 48.5 Å². The Morgan fingerprint density at radius 1 is 0.462 bits per heavy atom. The summed E-state index contributed by atoms with van der Waals surface area (Å²) >= 11 is 0. The number of nitrogens with one attached hydrogen (secondary N) is 1. The van der Waals surface area contributed by atoms with Crippen molar-refractivity contribution >= 4 is 41.5 Å². The maximum Gasteiger partial charge on any atom is 0.303 e. The predicted octanol–water partition coefficient (Wildman–Crippen LogP) is 4.29. The summed E-state index contributed by atoms with van der Waals surface area (Å²) in [5, 5.41) is 61.2. The van der Waals surface area contributed by atoms with E-state index in [0.717, 1.165) is 131 Å². The molecule has 4 aliphatic rings. The molecule has 0 aromatic heterocycles. The molecule has 27 heteroatoms. The summed E-state index contributed by atoms with van der Waals surface area (Å²) in [6, 6.07) is 0. The maximum atomic E-state index is 12.7. The predicted molar refractivity (Wildman–Crippen MR) is 324 cm³/mol. The highest BCUT2D eigenvalue weighted by atomic mass is 16.8. The van der Waals surface area contributed by atoms with Crippen LogP contribution in [0.3, 0.4) is 0 Å². The molecule has 4 saturated heterocycles. The monoisotopic (exact) mass is 1310 g/mol. The summed E-state index contributed by atoms with van der Waals surface area (Å²) in [4.78, 5) is 87.6. The molecular weight excluding hydrogens is 1200 g/mol. The second-order valence-corrected chi connectivity index (χ2v) is 25.2. The first-order valence-electron chi connectivity index (χ1n) is 33.1. The SMILES string of the molecule is CC(=O)OC1COC(OC2C(OC(CC(C)C)C(O)CCCCCCCC(=O)CCCCCCCCCCCCC(=O)NCCCCCN(C)C)OCC(O)C2OC2OCC(OC3OCC(OC(C)=O)C(OC(C)=O)C3OC(C)=O)C(O)C2O)C(O)C1OC(C)=O. The molecule has 91 heavy (non-hydrogen) atoms. The topological polar surface area (TPSA) is 356 Å². The van der Waals surface area contributed by atoms with E-state index in [0.29, 0.717) is 38.5 Å². The lowest BCUT2D eigenvalue weighted by Crippen LogP contribution is -2.65. The fourth-order valence-corrected chi connectivity index (χ4v) is 11.6. The average Bonchev–Trinajstić information content (AvgIpc) is 1.07. The lowest BCUT2D eigenvalue weighted by Gasteiger charge is -2.47. The quantitative estimate of drug-likeness (QED) is 0.0282. The highest BCUT2D eigenvalue weighted by Gasteiger charge is 2.54. The van der Waals surface area contributed by atoms with Gasteiger partial charge >= 0.3 is 29.8 Å². The van der Waals surface area contributed by atoms with Crippen molar-refractivity contribution < 1.29 is 121 Å². The summed E-state index contributed by atoms with van der Waals surface area (Å²) in [6.07, 6.45) is -6.65. The van der Waals surface area contributed by atoms with Crippen LogP contribution in [0.5, 0.6) is 0 Å². The van der Waals surface area contributed by atoms with Crippen LogP contribution in [0.15, 0.2) is 0 Å². The van der Waals surface area contributed by atoms with Crippen molar-refractivity contribution in [2.75, 3.05) is 53.6 Å². The molecule has 18 atom stereocenters. The van der Waals surface area contributed by atoms with Gasteiger partial charge in [-0.1, -0.05) is 97.3 Å². The van der Waals surface area contributed by atoms with E-state index in [2.05, 4.69) is 24.3 Å². The Kier molecular flexibility index (Phi) is 37.6. The third kappa shape index (κ3) is 30.0. The largest absolute Gasteiger partial charge is 0.456 e. The molecule has 18 unspecified atom stereocenters. The summed E-state index contributed by atoms with van der Waals surface area (Å²) < 4.78 is 75.4. The molecule has 4 fully saturated rings. The molecule has 0 saturated carbocycles. The van der Waals surface area contributed by atoms with Gasteiger partial charge in [0.2, 0.25) is 5.91 Å². The summed E-state index contributed by atoms with van der Waals surface area (Å²) in [6.45, 7) is 9.36. The summed E-state index contributed by atoms with van der Waals surface area (Å²) in [5.74, 6) is -3.57. The van der Waals surface area contributed by atoms with Gasteiger partial charge in [0.05, 0.1) is 38.6 Å². The van der Waals surface area contributed by atoms with Crippen LogP contribution in [0.25, 0.3) is 0 Å². The smallest absolute Gasteiger partial charge is 0.303 e. The Labute approximate surface area is 537 Å². The second kappa shape index (κ2) is 43.1. The molecule has 4 rings (SSSR count). The third-order valence-corrected chi connectivity index (χ3v) is 16.2. The van der Waals surface area contributed by atoms with Crippen LogP contribution < -0.4 is 5.32 Å². The zero-order chi connectivity index (χ0) is 67.0. The number of carbonyl (C=O) groups excluding carboxylic acids is 7. The molecule has 0 spiro atoms. The maximum absolute atomic E-state index is 12.7. The normalized spacial score (nSPS) is 29.2. The van der Waals surface area contributed by atoms with E-state index < -0.39 is 167 Å². The molecule has 0 aromatic carbocycles. The number of aliphatic hydroxyl groups excluding tert-OH is 5. The first kappa shape index (κ1) is 79.4. The number of hydrogen-bond acceptors (Lipinski definition) is 26. The van der Waals surface area contributed by atoms with Crippen molar-refractivity contribution in [3.05, 3.63) is 0 Å². The summed E-state index contributed by atoms with van der Waals surface area (Å²) in [5.41, 5.74) is 0. The van der Waals surface area contributed by atoms with Crippen LogP contribution in [0.2, 0.25) is 0 Å². The number of amides is 1. The first-order valence-corrected chi connectivity index (χ1v) is 33.1. The minimum atomic E-state index is -1.96. The van der Waals surface area contributed by atoms with Crippen LogP contribution in [-0.2, 0) is 95.1 Å². The minimum Gasteiger partial charge on any atom is -0.456 e. The second-order valence-electron chi connectivity index (χ2n) is 25.2. The van der Waals surface area contributed by atoms with Gasteiger partial charge < -0.3 is 97.3 Å². The van der Waals surface area contributed by atoms with Crippen molar-refractivity contribution in [1.29, 1.82) is 0 Å². The number of esters is 5. The van der Waals surface area contributed by atoms with E-state index in [9.17, 15) is 59.1 Å². The van der Waals surface area contributed by atoms with Crippen LogP contribution >= 0.6 is 0 Å². The number of Topliss-reactive ketones (excluding diaryl/α,β-unsaturated/α-hetero) is 1. The molecule has 526 valence electrons. The van der Waals surface area contributed by atoms with Crippen LogP contribution in [-0.4, -0.2) is 236 Å². The van der Waals surface area contributed by atoms with E-state index in [1.54, 1.807) is 0 Å². The average molecular weight is 1310 g/mol. The first-order chi connectivity index (χ1) is 43.3. The van der Waals surface area contributed by atoms with Crippen LogP contribution in [0.1, 0.15) is 196 Å². The fraction of sp³-hybridized carbons (Fsp3) is 0.891. The lowest BCUT2D eigenvalue weighted by atomic mass is 9.96. The molecule has 0 radical (unpaired) electrons. The van der Waals surface area contributed by atoms with E-state index in [1.807, 2.05) is 13.8 Å². The number of ketones is 1. The Bertz CT molecular complexity index is 2140. The van der Waals surface area contributed by atoms with Crippen LogP contribution in [0, 0.1) is 5.92 Å². The number of nitrogens with zero attached hydrogens (tertiary/aromatic N) is 1. The number of hydrogen-bond donors (Lipinski definition) is 6.